The molecule has 1 amide bonds. The lowest BCUT2D eigenvalue weighted by Crippen LogP contribution is -2.28. The maximum absolute atomic E-state index is 12.7. The summed E-state index contributed by atoms with van der Waals surface area (Å²) in [4.78, 5) is 12.7. The predicted octanol–water partition coefficient (Wildman–Crippen LogP) is 4.31. The smallest absolute Gasteiger partial charge is 0.244 e. The van der Waals surface area contributed by atoms with Crippen LogP contribution in [0.2, 0.25) is 0 Å². The first-order chi connectivity index (χ1) is 15.2. The Bertz CT molecular complexity index is 980. The first-order valence-electron chi connectivity index (χ1n) is 10.5. The van der Waals surface area contributed by atoms with Gasteiger partial charge in [0, 0.05) is 6.08 Å². The first kappa shape index (κ1) is 20.8. The highest BCUT2D eigenvalue weighted by Crippen LogP contribution is 2.43. The number of benzene rings is 2. The topological polar surface area (TPSA) is 66.0 Å². The van der Waals surface area contributed by atoms with Crippen molar-refractivity contribution in [3.63, 3.8) is 0 Å². The molecule has 0 saturated heterocycles. The van der Waals surface area contributed by atoms with E-state index in [1.54, 1.807) is 25.3 Å². The van der Waals surface area contributed by atoms with Crippen LogP contribution in [0.4, 0.5) is 0 Å². The van der Waals surface area contributed by atoms with Gasteiger partial charge in [-0.25, -0.2) is 0 Å². The summed E-state index contributed by atoms with van der Waals surface area (Å²) in [5, 5.41) is 3.15. The highest BCUT2D eigenvalue weighted by atomic mass is 16.6. The molecule has 162 valence electrons. The van der Waals surface area contributed by atoms with Gasteiger partial charge in [-0.3, -0.25) is 4.79 Å². The predicted molar refractivity (Wildman–Crippen MR) is 119 cm³/mol. The molecule has 1 aliphatic heterocycles. The summed E-state index contributed by atoms with van der Waals surface area (Å²) in [5.74, 6) is 3.04. The summed E-state index contributed by atoms with van der Waals surface area (Å²) in [7, 11) is 1.59. The van der Waals surface area contributed by atoms with E-state index in [1.807, 2.05) is 36.4 Å². The normalized spacial score (nSPS) is 15.9. The van der Waals surface area contributed by atoms with Crippen molar-refractivity contribution in [1.29, 1.82) is 0 Å². The first-order valence-corrected chi connectivity index (χ1v) is 10.5. The van der Waals surface area contributed by atoms with Gasteiger partial charge in [0.05, 0.1) is 13.2 Å². The van der Waals surface area contributed by atoms with Crippen LogP contribution in [0.1, 0.15) is 30.0 Å². The fourth-order valence-electron chi connectivity index (χ4n) is 3.59. The van der Waals surface area contributed by atoms with E-state index < -0.39 is 0 Å². The Labute approximate surface area is 182 Å². The number of nitrogens with one attached hydrogen (secondary N) is 1. The zero-order valence-corrected chi connectivity index (χ0v) is 17.6. The molecule has 0 radical (unpaired) electrons. The molecule has 2 aromatic rings. The van der Waals surface area contributed by atoms with Crippen molar-refractivity contribution < 1.29 is 23.7 Å². The number of methoxy groups -OCH3 is 1. The van der Waals surface area contributed by atoms with Crippen LogP contribution in [0.5, 0.6) is 23.0 Å². The molecule has 1 heterocycles. The fourth-order valence-corrected chi connectivity index (χ4v) is 3.59. The van der Waals surface area contributed by atoms with Gasteiger partial charge in [0.2, 0.25) is 5.91 Å². The van der Waals surface area contributed by atoms with Crippen molar-refractivity contribution >= 4 is 12.0 Å². The molecular formula is C25H27NO5. The number of fused-ring (bicyclic) bond motifs is 1. The minimum atomic E-state index is -0.141. The van der Waals surface area contributed by atoms with Gasteiger partial charge in [0.15, 0.2) is 23.0 Å². The van der Waals surface area contributed by atoms with Crippen molar-refractivity contribution in [3.8, 4) is 23.0 Å². The zero-order chi connectivity index (χ0) is 21.6. The molecule has 2 aliphatic rings. The van der Waals surface area contributed by atoms with Gasteiger partial charge in [-0.15, -0.1) is 0 Å². The second kappa shape index (κ2) is 9.60. The maximum Gasteiger partial charge on any atom is 0.244 e. The minimum Gasteiger partial charge on any atom is -0.493 e. The highest BCUT2D eigenvalue weighted by Gasteiger charge is 2.33. The van der Waals surface area contributed by atoms with E-state index in [1.165, 1.54) is 0 Å². The van der Waals surface area contributed by atoms with Crippen molar-refractivity contribution in [3.05, 3.63) is 66.3 Å². The Morgan fingerprint density at radius 2 is 1.97 bits per heavy atom. The average molecular weight is 421 g/mol. The third-order valence-corrected chi connectivity index (χ3v) is 5.29. The Morgan fingerprint density at radius 3 is 2.71 bits per heavy atom. The van der Waals surface area contributed by atoms with Crippen LogP contribution in [0.25, 0.3) is 6.08 Å². The van der Waals surface area contributed by atoms with Gasteiger partial charge in [-0.05, 0) is 60.2 Å². The molecule has 0 spiro atoms. The molecule has 0 bridgehead atoms. The van der Waals surface area contributed by atoms with Gasteiger partial charge in [-0.2, -0.15) is 0 Å². The zero-order valence-electron chi connectivity index (χ0n) is 17.6. The number of carbonyl (C=O) groups is 1. The minimum absolute atomic E-state index is 0.0443. The van der Waals surface area contributed by atoms with Crippen molar-refractivity contribution in [2.75, 3.05) is 26.9 Å². The molecule has 1 saturated carbocycles. The molecule has 6 nitrogen and oxygen atoms in total. The summed E-state index contributed by atoms with van der Waals surface area (Å²) in [6.45, 7) is 5.15. The molecule has 1 N–H and O–H groups in total. The summed E-state index contributed by atoms with van der Waals surface area (Å²) >= 11 is 0. The van der Waals surface area contributed by atoms with Gasteiger partial charge in [0.25, 0.3) is 0 Å². The van der Waals surface area contributed by atoms with E-state index in [-0.39, 0.29) is 11.9 Å². The lowest BCUT2D eigenvalue weighted by atomic mass is 10.0. The van der Waals surface area contributed by atoms with Gasteiger partial charge in [0.1, 0.15) is 19.8 Å². The molecule has 1 atom stereocenters. The van der Waals surface area contributed by atoms with E-state index in [2.05, 4.69) is 11.9 Å². The van der Waals surface area contributed by atoms with Gasteiger partial charge in [-0.1, -0.05) is 24.8 Å². The number of amides is 1. The van der Waals surface area contributed by atoms with E-state index in [0.29, 0.717) is 37.2 Å². The summed E-state index contributed by atoms with van der Waals surface area (Å²) in [6.07, 6.45) is 7.20. The molecule has 6 heteroatoms. The Hall–Kier alpha value is -3.41. The molecule has 2 aromatic carbocycles. The lowest BCUT2D eigenvalue weighted by Gasteiger charge is -2.22. The monoisotopic (exact) mass is 421 g/mol. The third kappa shape index (κ3) is 5.20. The molecule has 4 rings (SSSR count). The number of carbonyl (C=O) groups excluding carboxylic acids is 1. The van der Waals surface area contributed by atoms with Crippen LogP contribution in [-0.4, -0.2) is 32.8 Å². The van der Waals surface area contributed by atoms with Crippen LogP contribution >= 0.6 is 0 Å². The number of rotatable bonds is 9. The van der Waals surface area contributed by atoms with Crippen LogP contribution in [0, 0.1) is 5.92 Å². The molecule has 1 fully saturated rings. The number of hydrogen-bond donors (Lipinski definition) is 1. The van der Waals surface area contributed by atoms with Gasteiger partial charge >= 0.3 is 0 Å². The lowest BCUT2D eigenvalue weighted by molar-refractivity contribution is -0.117. The molecular weight excluding hydrogens is 394 g/mol. The van der Waals surface area contributed by atoms with Crippen LogP contribution in [0.15, 0.2) is 55.1 Å². The van der Waals surface area contributed by atoms with E-state index in [0.717, 1.165) is 35.5 Å². The second-order valence-corrected chi connectivity index (χ2v) is 7.57. The second-order valence-electron chi connectivity index (χ2n) is 7.57. The fraction of sp³-hybridized carbons (Fsp3) is 0.320. The number of ether oxygens (including phenoxy) is 4. The molecule has 31 heavy (non-hydrogen) atoms. The molecule has 0 aromatic heterocycles. The van der Waals surface area contributed by atoms with Crippen LogP contribution < -0.4 is 24.3 Å². The quantitative estimate of drug-likeness (QED) is 0.483. The van der Waals surface area contributed by atoms with Crippen LogP contribution in [-0.2, 0) is 4.79 Å². The highest BCUT2D eigenvalue weighted by molar-refractivity contribution is 5.92. The van der Waals surface area contributed by atoms with Crippen LogP contribution in [0.3, 0.4) is 0 Å². The Kier molecular flexibility index (Phi) is 6.46. The van der Waals surface area contributed by atoms with E-state index in [9.17, 15) is 4.79 Å². The van der Waals surface area contributed by atoms with E-state index >= 15 is 0 Å². The number of hydrogen-bond acceptors (Lipinski definition) is 5. The standard InChI is InChI=1S/C25H27NO5/c1-3-12-29-20-9-4-17(15-22(20)28-2)5-11-24(27)26-25(18-6-7-18)19-8-10-21-23(16-19)31-14-13-30-21/h3-5,8-11,15-16,18,25H,1,6-7,12-14H2,2H3,(H,26,27)/b11-5+. The maximum atomic E-state index is 12.7. The molecule has 1 aliphatic carbocycles. The summed E-state index contributed by atoms with van der Waals surface area (Å²) in [5.41, 5.74) is 1.89. The summed E-state index contributed by atoms with van der Waals surface area (Å²) in [6, 6.07) is 11.4. The average Bonchev–Trinajstić information content (AvgIpc) is 3.65. The third-order valence-electron chi connectivity index (χ3n) is 5.29. The molecule has 1 unspecified atom stereocenters. The van der Waals surface area contributed by atoms with Crippen molar-refractivity contribution in [2.24, 2.45) is 5.92 Å². The Balaban J connectivity index is 1.44. The van der Waals surface area contributed by atoms with Crippen molar-refractivity contribution in [2.45, 2.75) is 18.9 Å². The summed E-state index contributed by atoms with van der Waals surface area (Å²) < 4.78 is 22.3. The Morgan fingerprint density at radius 1 is 1.16 bits per heavy atom. The van der Waals surface area contributed by atoms with Crippen molar-refractivity contribution in [1.82, 2.24) is 5.32 Å². The SMILES string of the molecule is C=CCOc1ccc(/C=C/C(=O)NC(c2ccc3c(c2)OCCO3)C2CC2)cc1OC. The largest absolute Gasteiger partial charge is 0.493 e. The van der Waals surface area contributed by atoms with Gasteiger partial charge < -0.3 is 24.3 Å². The van der Waals surface area contributed by atoms with E-state index in [4.69, 9.17) is 18.9 Å².